The third-order valence-electron chi connectivity index (χ3n) is 4.81. The first-order valence-corrected chi connectivity index (χ1v) is 9.25. The predicted octanol–water partition coefficient (Wildman–Crippen LogP) is 5.15. The molecule has 5 nitrogen and oxygen atoms in total. The molecule has 28 heavy (non-hydrogen) atoms. The van der Waals surface area contributed by atoms with E-state index in [4.69, 9.17) is 18.3 Å². The standard InChI is InChI=1S/C23H23NO4/c1-15-20(24-23(27-15)17-7-5-4-6-8-17)14-19-13-18-11-16(9-10-21(18)28-19)12-22(25-2)26-3/h4-11,13,22H,12,14H2,1-3H3. The van der Waals surface area contributed by atoms with Crippen LogP contribution in [0.25, 0.3) is 22.4 Å². The van der Waals surface area contributed by atoms with Crippen LogP contribution < -0.4 is 0 Å². The summed E-state index contributed by atoms with van der Waals surface area (Å²) in [6.45, 7) is 1.94. The summed E-state index contributed by atoms with van der Waals surface area (Å²) in [5.41, 5.74) is 3.85. The van der Waals surface area contributed by atoms with Crippen molar-refractivity contribution in [1.29, 1.82) is 0 Å². The Balaban J connectivity index is 1.56. The summed E-state index contributed by atoms with van der Waals surface area (Å²) in [5.74, 6) is 2.30. The molecule has 0 radical (unpaired) electrons. The number of rotatable bonds is 7. The van der Waals surface area contributed by atoms with Gasteiger partial charge >= 0.3 is 0 Å². The summed E-state index contributed by atoms with van der Waals surface area (Å²) in [4.78, 5) is 4.66. The fourth-order valence-electron chi connectivity index (χ4n) is 3.28. The van der Waals surface area contributed by atoms with E-state index in [9.17, 15) is 0 Å². The van der Waals surface area contributed by atoms with Gasteiger partial charge in [-0.05, 0) is 42.8 Å². The second kappa shape index (κ2) is 8.00. The number of aryl methyl sites for hydroxylation is 1. The lowest BCUT2D eigenvalue weighted by atomic mass is 10.1. The number of fused-ring (bicyclic) bond motifs is 1. The normalized spacial score (nSPS) is 11.6. The first kappa shape index (κ1) is 18.5. The van der Waals surface area contributed by atoms with Crippen LogP contribution in [0.1, 0.15) is 22.8 Å². The van der Waals surface area contributed by atoms with E-state index in [1.807, 2.05) is 49.4 Å². The summed E-state index contributed by atoms with van der Waals surface area (Å²) in [6.07, 6.45) is 1.02. The number of nitrogens with zero attached hydrogens (tertiary/aromatic N) is 1. The molecule has 2 heterocycles. The van der Waals surface area contributed by atoms with Crippen molar-refractivity contribution in [2.24, 2.45) is 0 Å². The first-order valence-electron chi connectivity index (χ1n) is 9.25. The van der Waals surface area contributed by atoms with E-state index in [-0.39, 0.29) is 6.29 Å². The molecular weight excluding hydrogens is 354 g/mol. The molecule has 0 amide bonds. The van der Waals surface area contributed by atoms with Gasteiger partial charge in [-0.1, -0.05) is 24.3 Å². The van der Waals surface area contributed by atoms with Crippen LogP contribution in [0, 0.1) is 6.92 Å². The van der Waals surface area contributed by atoms with Gasteiger partial charge in [0.05, 0.1) is 12.1 Å². The molecule has 0 spiro atoms. The Morgan fingerprint density at radius 3 is 2.50 bits per heavy atom. The van der Waals surface area contributed by atoms with Gasteiger partial charge in [0.2, 0.25) is 5.89 Å². The number of furan rings is 1. The van der Waals surface area contributed by atoms with Gasteiger partial charge in [0.1, 0.15) is 17.1 Å². The van der Waals surface area contributed by atoms with Crippen LogP contribution in [0.5, 0.6) is 0 Å². The second-order valence-electron chi connectivity index (χ2n) is 6.75. The summed E-state index contributed by atoms with van der Waals surface area (Å²) in [7, 11) is 3.29. The Bertz CT molecular complexity index is 1060. The monoisotopic (exact) mass is 377 g/mol. The molecule has 0 aliphatic rings. The third kappa shape index (κ3) is 3.86. The predicted molar refractivity (Wildman–Crippen MR) is 107 cm³/mol. The fraction of sp³-hybridized carbons (Fsp3) is 0.261. The smallest absolute Gasteiger partial charge is 0.226 e. The van der Waals surface area contributed by atoms with Crippen molar-refractivity contribution in [3.05, 3.63) is 77.4 Å². The summed E-state index contributed by atoms with van der Waals surface area (Å²) < 4.78 is 22.4. The highest BCUT2D eigenvalue weighted by Gasteiger charge is 2.15. The van der Waals surface area contributed by atoms with E-state index in [2.05, 4.69) is 17.1 Å². The molecule has 144 valence electrons. The van der Waals surface area contributed by atoms with E-state index < -0.39 is 0 Å². The molecule has 0 aliphatic heterocycles. The van der Waals surface area contributed by atoms with E-state index in [0.717, 1.165) is 39.3 Å². The number of ether oxygens (including phenoxy) is 2. The molecule has 0 N–H and O–H groups in total. The number of aromatic nitrogens is 1. The van der Waals surface area contributed by atoms with Gasteiger partial charge in [0.25, 0.3) is 0 Å². The number of methoxy groups -OCH3 is 2. The largest absolute Gasteiger partial charge is 0.461 e. The lowest BCUT2D eigenvalue weighted by molar-refractivity contribution is -0.100. The average molecular weight is 377 g/mol. The van der Waals surface area contributed by atoms with Crippen molar-refractivity contribution in [3.8, 4) is 11.5 Å². The summed E-state index contributed by atoms with van der Waals surface area (Å²) in [6, 6.07) is 18.1. The highest BCUT2D eigenvalue weighted by atomic mass is 16.7. The maximum atomic E-state index is 6.01. The van der Waals surface area contributed by atoms with Crippen LogP contribution in [0.15, 0.2) is 63.4 Å². The van der Waals surface area contributed by atoms with E-state index in [1.165, 1.54) is 0 Å². The minimum absolute atomic E-state index is 0.252. The highest BCUT2D eigenvalue weighted by molar-refractivity contribution is 5.78. The Kier molecular flexibility index (Phi) is 5.28. The molecule has 4 rings (SSSR count). The molecule has 0 aliphatic carbocycles. The van der Waals surface area contributed by atoms with Crippen LogP contribution in [0.3, 0.4) is 0 Å². The average Bonchev–Trinajstić information content (AvgIpc) is 3.29. The molecule has 2 aromatic carbocycles. The number of oxazole rings is 1. The van der Waals surface area contributed by atoms with Gasteiger partial charge in [-0.2, -0.15) is 0 Å². The van der Waals surface area contributed by atoms with Gasteiger partial charge in [0.15, 0.2) is 6.29 Å². The van der Waals surface area contributed by atoms with Gasteiger partial charge in [0, 0.05) is 31.6 Å². The molecule has 4 aromatic rings. The van der Waals surface area contributed by atoms with E-state index >= 15 is 0 Å². The SMILES string of the molecule is COC(Cc1ccc2oc(Cc3nc(-c4ccccc4)oc3C)cc2c1)OC. The van der Waals surface area contributed by atoms with E-state index in [1.54, 1.807) is 14.2 Å². The van der Waals surface area contributed by atoms with Crippen molar-refractivity contribution >= 4 is 11.0 Å². The quantitative estimate of drug-likeness (QED) is 0.417. The van der Waals surface area contributed by atoms with Gasteiger partial charge in [-0.3, -0.25) is 0 Å². The zero-order valence-corrected chi connectivity index (χ0v) is 16.3. The Morgan fingerprint density at radius 2 is 1.75 bits per heavy atom. The minimum atomic E-state index is -0.252. The molecule has 0 saturated heterocycles. The Labute approximate surface area is 163 Å². The van der Waals surface area contributed by atoms with Gasteiger partial charge in [-0.25, -0.2) is 4.98 Å². The van der Waals surface area contributed by atoms with Crippen molar-refractivity contribution in [2.45, 2.75) is 26.1 Å². The molecule has 0 unspecified atom stereocenters. The molecule has 2 aromatic heterocycles. The molecule has 0 saturated carbocycles. The van der Waals surface area contributed by atoms with Crippen molar-refractivity contribution in [2.75, 3.05) is 14.2 Å². The molecule has 5 heteroatoms. The highest BCUT2D eigenvalue weighted by Crippen LogP contribution is 2.26. The van der Waals surface area contributed by atoms with Crippen LogP contribution in [0.2, 0.25) is 0 Å². The van der Waals surface area contributed by atoms with Crippen LogP contribution in [0.4, 0.5) is 0 Å². The van der Waals surface area contributed by atoms with Gasteiger partial charge in [-0.15, -0.1) is 0 Å². The maximum absolute atomic E-state index is 6.01. The lowest BCUT2D eigenvalue weighted by Crippen LogP contribution is -2.15. The maximum Gasteiger partial charge on any atom is 0.226 e. The van der Waals surface area contributed by atoms with Crippen molar-refractivity contribution in [1.82, 2.24) is 4.98 Å². The lowest BCUT2D eigenvalue weighted by Gasteiger charge is -2.12. The topological polar surface area (TPSA) is 57.6 Å². The van der Waals surface area contributed by atoms with Gasteiger partial charge < -0.3 is 18.3 Å². The van der Waals surface area contributed by atoms with Crippen LogP contribution in [-0.4, -0.2) is 25.5 Å². The fourth-order valence-corrected chi connectivity index (χ4v) is 3.28. The first-order chi connectivity index (χ1) is 13.7. The van der Waals surface area contributed by atoms with Crippen LogP contribution in [-0.2, 0) is 22.3 Å². The second-order valence-corrected chi connectivity index (χ2v) is 6.75. The minimum Gasteiger partial charge on any atom is -0.461 e. The number of hydrogen-bond donors (Lipinski definition) is 0. The van der Waals surface area contributed by atoms with Crippen molar-refractivity contribution in [3.63, 3.8) is 0 Å². The number of hydrogen-bond acceptors (Lipinski definition) is 5. The molecule has 0 fully saturated rings. The van der Waals surface area contributed by atoms with Crippen molar-refractivity contribution < 1.29 is 18.3 Å². The summed E-state index contributed by atoms with van der Waals surface area (Å²) in [5, 5.41) is 1.06. The zero-order chi connectivity index (χ0) is 19.5. The Hall–Kier alpha value is -2.89. The third-order valence-corrected chi connectivity index (χ3v) is 4.81. The molecular formula is C23H23NO4. The zero-order valence-electron chi connectivity index (χ0n) is 16.3. The summed E-state index contributed by atoms with van der Waals surface area (Å²) >= 11 is 0. The molecule has 0 bridgehead atoms. The molecule has 0 atom stereocenters. The Morgan fingerprint density at radius 1 is 0.964 bits per heavy atom. The number of benzene rings is 2. The van der Waals surface area contributed by atoms with E-state index in [0.29, 0.717) is 18.7 Å². The van der Waals surface area contributed by atoms with Crippen LogP contribution >= 0.6 is 0 Å².